The summed E-state index contributed by atoms with van der Waals surface area (Å²) in [4.78, 5) is 19.8. The molecule has 0 spiro atoms. The van der Waals surface area contributed by atoms with Crippen molar-refractivity contribution in [3.63, 3.8) is 0 Å². The van der Waals surface area contributed by atoms with Gasteiger partial charge in [-0.15, -0.1) is 0 Å². The number of nitrogens with zero attached hydrogens (tertiary/aromatic N) is 2. The standard InChI is InChI=1S/C19H16F2N4O2/c1-2-27-19(26)12-3-5-13(6-4-12)24-17-10-18(23-11-22-17)25-14-7-8-15(20)16(21)9-14/h3-11H,2H2,1H3,(H2,22,23,24,25). The monoisotopic (exact) mass is 370 g/mol. The molecular weight excluding hydrogens is 354 g/mol. The first-order valence-corrected chi connectivity index (χ1v) is 8.13. The van der Waals surface area contributed by atoms with E-state index in [4.69, 9.17) is 4.74 Å². The zero-order valence-electron chi connectivity index (χ0n) is 14.4. The van der Waals surface area contributed by atoms with E-state index in [0.717, 1.165) is 12.1 Å². The van der Waals surface area contributed by atoms with Crippen molar-refractivity contribution >= 4 is 29.0 Å². The zero-order chi connectivity index (χ0) is 19.2. The molecule has 6 nitrogen and oxygen atoms in total. The predicted octanol–water partition coefficient (Wildman–Crippen LogP) is 4.42. The van der Waals surface area contributed by atoms with Crippen LogP contribution in [0.15, 0.2) is 54.9 Å². The molecule has 3 rings (SSSR count). The summed E-state index contributed by atoms with van der Waals surface area (Å²) in [5.74, 6) is -1.37. The average Bonchev–Trinajstić information content (AvgIpc) is 2.66. The number of carbonyl (C=O) groups excluding carboxylic acids is 1. The molecule has 27 heavy (non-hydrogen) atoms. The summed E-state index contributed by atoms with van der Waals surface area (Å²) in [5.41, 5.74) is 1.52. The van der Waals surface area contributed by atoms with Crippen molar-refractivity contribution in [3.05, 3.63) is 72.1 Å². The smallest absolute Gasteiger partial charge is 0.338 e. The van der Waals surface area contributed by atoms with E-state index in [1.54, 1.807) is 37.3 Å². The molecule has 0 aliphatic rings. The number of aromatic nitrogens is 2. The SMILES string of the molecule is CCOC(=O)c1ccc(Nc2cc(Nc3ccc(F)c(F)c3)ncn2)cc1. The number of hydrogen-bond acceptors (Lipinski definition) is 6. The molecule has 0 bridgehead atoms. The number of carbonyl (C=O) groups is 1. The summed E-state index contributed by atoms with van der Waals surface area (Å²) in [6, 6.07) is 11.8. The normalized spacial score (nSPS) is 10.3. The first kappa shape index (κ1) is 18.2. The van der Waals surface area contributed by atoms with Gasteiger partial charge in [0, 0.05) is 23.5 Å². The van der Waals surface area contributed by atoms with Crippen LogP contribution >= 0.6 is 0 Å². The third-order valence-electron chi connectivity index (χ3n) is 3.53. The molecule has 8 heteroatoms. The van der Waals surface area contributed by atoms with Gasteiger partial charge in [0.15, 0.2) is 11.6 Å². The molecule has 0 aliphatic carbocycles. The van der Waals surface area contributed by atoms with Crippen LogP contribution in [-0.4, -0.2) is 22.5 Å². The maximum absolute atomic E-state index is 13.3. The highest BCUT2D eigenvalue weighted by molar-refractivity contribution is 5.89. The highest BCUT2D eigenvalue weighted by atomic mass is 19.2. The van der Waals surface area contributed by atoms with E-state index in [1.807, 2.05) is 0 Å². The van der Waals surface area contributed by atoms with Crippen molar-refractivity contribution in [3.8, 4) is 0 Å². The molecule has 1 heterocycles. The van der Waals surface area contributed by atoms with Gasteiger partial charge >= 0.3 is 5.97 Å². The average molecular weight is 370 g/mol. The lowest BCUT2D eigenvalue weighted by Crippen LogP contribution is -2.04. The topological polar surface area (TPSA) is 76.1 Å². The lowest BCUT2D eigenvalue weighted by molar-refractivity contribution is 0.0526. The Morgan fingerprint density at radius 3 is 2.19 bits per heavy atom. The second-order valence-corrected chi connectivity index (χ2v) is 5.47. The molecule has 3 aromatic rings. The lowest BCUT2D eigenvalue weighted by atomic mass is 10.2. The number of anilines is 4. The Morgan fingerprint density at radius 1 is 0.926 bits per heavy atom. The van der Waals surface area contributed by atoms with Crippen LogP contribution in [0.4, 0.5) is 31.8 Å². The Balaban J connectivity index is 1.70. The van der Waals surface area contributed by atoms with E-state index in [0.29, 0.717) is 35.2 Å². The van der Waals surface area contributed by atoms with Gasteiger partial charge in [-0.25, -0.2) is 23.5 Å². The minimum atomic E-state index is -0.950. The third kappa shape index (κ3) is 4.75. The fourth-order valence-electron chi connectivity index (χ4n) is 2.27. The van der Waals surface area contributed by atoms with Crippen molar-refractivity contribution in [1.82, 2.24) is 9.97 Å². The number of esters is 1. The van der Waals surface area contributed by atoms with E-state index < -0.39 is 11.6 Å². The molecule has 1 aromatic heterocycles. The zero-order valence-corrected chi connectivity index (χ0v) is 14.4. The lowest BCUT2D eigenvalue weighted by Gasteiger charge is -2.09. The summed E-state index contributed by atoms with van der Waals surface area (Å²) in [5, 5.41) is 5.95. The molecular formula is C19H16F2N4O2. The van der Waals surface area contributed by atoms with Crippen LogP contribution in [-0.2, 0) is 4.74 Å². The van der Waals surface area contributed by atoms with Gasteiger partial charge in [-0.3, -0.25) is 0 Å². The first-order chi connectivity index (χ1) is 13.0. The van der Waals surface area contributed by atoms with E-state index in [2.05, 4.69) is 20.6 Å². The molecule has 0 fully saturated rings. The number of rotatable bonds is 6. The molecule has 0 saturated carbocycles. The van der Waals surface area contributed by atoms with Gasteiger partial charge in [0.05, 0.1) is 12.2 Å². The highest BCUT2D eigenvalue weighted by Gasteiger charge is 2.07. The van der Waals surface area contributed by atoms with Crippen LogP contribution in [0.5, 0.6) is 0 Å². The first-order valence-electron chi connectivity index (χ1n) is 8.13. The van der Waals surface area contributed by atoms with Gasteiger partial charge in [0.2, 0.25) is 0 Å². The molecule has 0 radical (unpaired) electrons. The summed E-state index contributed by atoms with van der Waals surface area (Å²) >= 11 is 0. The van der Waals surface area contributed by atoms with Gasteiger partial charge in [0.25, 0.3) is 0 Å². The van der Waals surface area contributed by atoms with Gasteiger partial charge in [0.1, 0.15) is 18.0 Å². The summed E-state index contributed by atoms with van der Waals surface area (Å²) < 4.78 is 31.2. The summed E-state index contributed by atoms with van der Waals surface area (Å²) in [7, 11) is 0. The van der Waals surface area contributed by atoms with Gasteiger partial charge in [-0.05, 0) is 43.3 Å². The Morgan fingerprint density at radius 2 is 1.56 bits per heavy atom. The Kier molecular flexibility index (Phi) is 5.55. The quantitative estimate of drug-likeness (QED) is 0.626. The maximum Gasteiger partial charge on any atom is 0.338 e. The molecule has 2 N–H and O–H groups in total. The molecule has 0 aliphatic heterocycles. The predicted molar refractivity (Wildman–Crippen MR) is 97.4 cm³/mol. The van der Waals surface area contributed by atoms with Crippen molar-refractivity contribution in [1.29, 1.82) is 0 Å². The van der Waals surface area contributed by atoms with Crippen LogP contribution < -0.4 is 10.6 Å². The van der Waals surface area contributed by atoms with Crippen LogP contribution in [0, 0.1) is 11.6 Å². The van der Waals surface area contributed by atoms with Gasteiger partial charge in [-0.2, -0.15) is 0 Å². The molecule has 138 valence electrons. The van der Waals surface area contributed by atoms with E-state index >= 15 is 0 Å². The summed E-state index contributed by atoms with van der Waals surface area (Å²) in [6.45, 7) is 2.06. The minimum Gasteiger partial charge on any atom is -0.462 e. The molecule has 0 saturated heterocycles. The number of ether oxygens (including phenoxy) is 1. The second-order valence-electron chi connectivity index (χ2n) is 5.47. The van der Waals surface area contributed by atoms with Crippen molar-refractivity contribution in [2.45, 2.75) is 6.92 Å². The van der Waals surface area contributed by atoms with Crippen LogP contribution in [0.25, 0.3) is 0 Å². The van der Waals surface area contributed by atoms with Gasteiger partial charge < -0.3 is 15.4 Å². The fourth-order valence-corrected chi connectivity index (χ4v) is 2.27. The second kappa shape index (κ2) is 8.22. The number of nitrogens with one attached hydrogen (secondary N) is 2. The Bertz CT molecular complexity index is 949. The fraction of sp³-hybridized carbons (Fsp3) is 0.105. The number of hydrogen-bond donors (Lipinski definition) is 2. The third-order valence-corrected chi connectivity index (χ3v) is 3.53. The van der Waals surface area contributed by atoms with Crippen LogP contribution in [0.2, 0.25) is 0 Å². The molecule has 0 amide bonds. The summed E-state index contributed by atoms with van der Waals surface area (Å²) in [6.07, 6.45) is 1.33. The van der Waals surface area contributed by atoms with Crippen LogP contribution in [0.3, 0.4) is 0 Å². The van der Waals surface area contributed by atoms with Crippen molar-refractivity contribution in [2.75, 3.05) is 17.2 Å². The van der Waals surface area contributed by atoms with E-state index in [1.165, 1.54) is 12.4 Å². The maximum atomic E-state index is 13.3. The molecule has 0 unspecified atom stereocenters. The molecule has 2 aromatic carbocycles. The van der Waals surface area contributed by atoms with Gasteiger partial charge in [-0.1, -0.05) is 0 Å². The van der Waals surface area contributed by atoms with Crippen molar-refractivity contribution in [2.24, 2.45) is 0 Å². The Hall–Kier alpha value is -3.55. The minimum absolute atomic E-state index is 0.313. The highest BCUT2D eigenvalue weighted by Crippen LogP contribution is 2.21. The van der Waals surface area contributed by atoms with E-state index in [-0.39, 0.29) is 5.97 Å². The van der Waals surface area contributed by atoms with E-state index in [9.17, 15) is 13.6 Å². The number of benzene rings is 2. The van der Waals surface area contributed by atoms with Crippen LogP contribution in [0.1, 0.15) is 17.3 Å². The Labute approximate surface area is 154 Å². The van der Waals surface area contributed by atoms with Crippen molar-refractivity contribution < 1.29 is 18.3 Å². The number of halogens is 2. The molecule has 0 atom stereocenters. The largest absolute Gasteiger partial charge is 0.462 e.